The smallest absolute Gasteiger partial charge is 0.0607 e. The molecule has 22 heavy (non-hydrogen) atoms. The van der Waals surface area contributed by atoms with E-state index >= 15 is 0 Å². The first-order chi connectivity index (χ1) is 10.1. The molecule has 0 fully saturated rings. The van der Waals surface area contributed by atoms with Crippen molar-refractivity contribution in [1.82, 2.24) is 0 Å². The second kappa shape index (κ2) is 8.92. The number of nitrogen functional groups attached to an aromatic ring is 2. The van der Waals surface area contributed by atoms with Crippen molar-refractivity contribution in [3.63, 3.8) is 0 Å². The third-order valence-corrected chi connectivity index (χ3v) is 15.8. The van der Waals surface area contributed by atoms with Gasteiger partial charge in [0.25, 0.3) is 0 Å². The van der Waals surface area contributed by atoms with Gasteiger partial charge < -0.3 is 11.5 Å². The van der Waals surface area contributed by atoms with Crippen molar-refractivity contribution >= 4 is 192 Å². The van der Waals surface area contributed by atoms with Gasteiger partial charge in [0.15, 0.2) is 0 Å². The highest BCUT2D eigenvalue weighted by Crippen LogP contribution is 2.46. The second-order valence-electron chi connectivity index (χ2n) is 4.09. The van der Waals surface area contributed by atoms with Crippen LogP contribution in [-0.2, 0) is 0 Å². The van der Waals surface area contributed by atoms with Gasteiger partial charge in [-0.2, -0.15) is 0 Å². The number of benzene rings is 2. The van der Waals surface area contributed by atoms with Gasteiger partial charge >= 0.3 is 0 Å². The van der Waals surface area contributed by atoms with Crippen LogP contribution in [0.25, 0.3) is 11.1 Å². The fourth-order valence-corrected chi connectivity index (χ4v) is 9.28. The molecule has 0 aliphatic rings. The molecule has 0 amide bonds. The van der Waals surface area contributed by atoms with Crippen LogP contribution in [0, 0.1) is 28.6 Å². The number of rotatable bonds is 1. The van der Waals surface area contributed by atoms with Gasteiger partial charge in [0.1, 0.15) is 0 Å². The lowest BCUT2D eigenvalue weighted by Crippen LogP contribution is -2.07. The highest BCUT2D eigenvalue weighted by Gasteiger charge is 2.25. The first-order valence-corrected chi connectivity index (χ1v) is 14.0. The van der Waals surface area contributed by atoms with Crippen molar-refractivity contribution in [2.24, 2.45) is 0 Å². The predicted octanol–water partition coefficient (Wildman–Crippen LogP) is 7.35. The Morgan fingerprint density at radius 1 is 0.364 bits per heavy atom. The molecular weight excluding hydrogens is 1190 g/mol. The Labute approximate surface area is 237 Å². The molecule has 2 aromatic rings. The van der Waals surface area contributed by atoms with Crippen LogP contribution in [-0.4, -0.2) is 0 Å². The molecule has 4 N–H and O–H groups in total. The van der Waals surface area contributed by atoms with Gasteiger partial charge in [-0.25, -0.2) is 0 Å². The first kappa shape index (κ1) is 22.2. The Morgan fingerprint density at radius 2 is 0.545 bits per heavy atom. The molecule has 0 aliphatic heterocycles. The van der Waals surface area contributed by atoms with E-state index in [1.165, 1.54) is 25.4 Å². The van der Waals surface area contributed by atoms with Crippen LogP contribution in [0.1, 0.15) is 0 Å². The molecule has 0 heterocycles. The van der Waals surface area contributed by atoms with Crippen molar-refractivity contribution in [1.29, 1.82) is 0 Å². The molecule has 2 nitrogen and oxygen atoms in total. The molecule has 2 aromatic carbocycles. The van der Waals surface area contributed by atoms with Gasteiger partial charge in [0, 0.05) is 25.4 Å². The number of anilines is 2. The van der Waals surface area contributed by atoms with Crippen molar-refractivity contribution in [3.8, 4) is 11.1 Å². The summed E-state index contributed by atoms with van der Waals surface area (Å²) < 4.78 is 9.27. The van der Waals surface area contributed by atoms with E-state index in [9.17, 15) is 0 Å². The van der Waals surface area contributed by atoms with Crippen LogP contribution < -0.4 is 11.5 Å². The summed E-state index contributed by atoms with van der Waals surface area (Å²) >= 11 is 19.0. The van der Waals surface area contributed by atoms with Crippen molar-refractivity contribution in [2.45, 2.75) is 0 Å². The van der Waals surface area contributed by atoms with Crippen LogP contribution in [0.3, 0.4) is 0 Å². The summed E-state index contributed by atoms with van der Waals surface area (Å²) in [6, 6.07) is 0. The maximum absolute atomic E-state index is 6.24. The summed E-state index contributed by atoms with van der Waals surface area (Å²) in [6.45, 7) is 0. The zero-order chi connectivity index (χ0) is 16.9. The van der Waals surface area contributed by atoms with Crippen molar-refractivity contribution < 1.29 is 0 Å². The van der Waals surface area contributed by atoms with Gasteiger partial charge in [0.05, 0.1) is 25.7 Å². The average molecular weight is 1190 g/mol. The van der Waals surface area contributed by atoms with Gasteiger partial charge in [-0.1, -0.05) is 0 Å². The molecule has 0 saturated carbocycles. The summed E-state index contributed by atoms with van der Waals surface area (Å²) in [6.07, 6.45) is 0. The summed E-state index contributed by atoms with van der Waals surface area (Å²) in [5, 5.41) is 0. The van der Waals surface area contributed by atoms with E-state index in [1.54, 1.807) is 0 Å². The molecule has 0 aliphatic carbocycles. The van der Waals surface area contributed by atoms with Crippen LogP contribution in [0.5, 0.6) is 0 Å². The highest BCUT2D eigenvalue weighted by molar-refractivity contribution is 14.1. The fraction of sp³-hybridized carbons (Fsp3) is 0. The lowest BCUT2D eigenvalue weighted by atomic mass is 10.1. The highest BCUT2D eigenvalue weighted by atomic mass is 127. The van der Waals surface area contributed by atoms with Crippen molar-refractivity contribution in [3.05, 3.63) is 28.6 Å². The molecule has 0 saturated heterocycles. The zero-order valence-corrected chi connectivity index (χ0v) is 27.4. The van der Waals surface area contributed by atoms with E-state index in [-0.39, 0.29) is 0 Å². The Hall–Kier alpha value is 3.88. The Kier molecular flexibility index (Phi) is 8.99. The lowest BCUT2D eigenvalue weighted by Gasteiger charge is -2.19. The molecule has 10 heteroatoms. The fourth-order valence-electron chi connectivity index (χ4n) is 1.74. The largest absolute Gasteiger partial charge is 0.397 e. The van der Waals surface area contributed by atoms with E-state index in [4.69, 9.17) is 11.5 Å². The first-order valence-electron chi connectivity index (χ1n) is 5.34. The van der Waals surface area contributed by atoms with Crippen LogP contribution in [0.15, 0.2) is 0 Å². The molecule has 0 radical (unpaired) electrons. The zero-order valence-electron chi connectivity index (χ0n) is 10.2. The van der Waals surface area contributed by atoms with Crippen molar-refractivity contribution in [2.75, 3.05) is 11.5 Å². The van der Waals surface area contributed by atoms with Crippen LogP contribution >= 0.6 is 181 Å². The maximum Gasteiger partial charge on any atom is 0.0607 e. The van der Waals surface area contributed by atoms with E-state index in [1.807, 2.05) is 0 Å². The molecule has 0 aromatic heterocycles. The molecule has 118 valence electrons. The van der Waals surface area contributed by atoms with E-state index in [2.05, 4.69) is 181 Å². The SMILES string of the molecule is Nc1c(I)c(I)c(-c2c(I)c(I)c(N)c(I)c2I)c(I)c1I. The van der Waals surface area contributed by atoms with Crippen LogP contribution in [0.2, 0.25) is 0 Å². The normalized spacial score (nSPS) is 11.1. The molecule has 0 unspecified atom stereocenters. The quantitative estimate of drug-likeness (QED) is 0.179. The second-order valence-corrected chi connectivity index (χ2v) is 12.7. The maximum atomic E-state index is 6.24. The van der Waals surface area contributed by atoms with E-state index in [0.717, 1.165) is 25.7 Å². The number of hydrogen-bond donors (Lipinski definition) is 2. The molecular formula is C12H4I8N2. The van der Waals surface area contributed by atoms with Gasteiger partial charge in [0.2, 0.25) is 0 Å². The minimum Gasteiger partial charge on any atom is -0.397 e. The number of halogens is 8. The summed E-state index contributed by atoms with van der Waals surface area (Å²) in [5.41, 5.74) is 16.7. The van der Waals surface area contributed by atoms with Crippen LogP contribution in [0.4, 0.5) is 11.4 Å². The molecule has 2 rings (SSSR count). The van der Waals surface area contributed by atoms with Gasteiger partial charge in [-0.05, 0) is 181 Å². The minimum absolute atomic E-state index is 0.864. The number of nitrogens with two attached hydrogens (primary N) is 2. The molecule has 0 atom stereocenters. The van der Waals surface area contributed by atoms with E-state index < -0.39 is 0 Å². The van der Waals surface area contributed by atoms with Gasteiger partial charge in [-0.3, -0.25) is 0 Å². The Bertz CT molecular complexity index is 677. The Balaban J connectivity index is 3.03. The summed E-state index contributed by atoms with van der Waals surface area (Å²) in [7, 11) is 0. The third kappa shape index (κ3) is 4.00. The standard InChI is InChI=1S/C12H4I8N2/c13-3-1(4(14)8(18)11(21)7(3)17)2-5(15)9(19)12(22)10(20)6(2)16/h21-22H2. The predicted molar refractivity (Wildman–Crippen MR) is 162 cm³/mol. The Morgan fingerprint density at radius 3 is 0.727 bits per heavy atom. The molecule has 0 bridgehead atoms. The van der Waals surface area contributed by atoms with E-state index in [0.29, 0.717) is 0 Å². The number of hydrogen-bond acceptors (Lipinski definition) is 2. The summed E-state index contributed by atoms with van der Waals surface area (Å²) in [4.78, 5) is 0. The summed E-state index contributed by atoms with van der Waals surface area (Å²) in [5.74, 6) is 0. The average Bonchev–Trinajstić information content (AvgIpc) is 2.50. The molecule has 0 spiro atoms. The topological polar surface area (TPSA) is 52.0 Å². The third-order valence-electron chi connectivity index (χ3n) is 2.84. The monoisotopic (exact) mass is 1190 g/mol. The van der Waals surface area contributed by atoms with Gasteiger partial charge in [-0.15, -0.1) is 0 Å². The lowest BCUT2D eigenvalue weighted by molar-refractivity contribution is 1.41. The minimum atomic E-state index is 0.864.